The van der Waals surface area contributed by atoms with Crippen molar-refractivity contribution in [3.05, 3.63) is 47.5 Å². The molecule has 1 aromatic carbocycles. The zero-order chi connectivity index (χ0) is 12.5. The molecule has 3 nitrogen and oxygen atoms in total. The fourth-order valence-electron chi connectivity index (χ4n) is 1.60. The molecule has 0 atom stereocenters. The number of rotatable bonds is 3. The Kier molecular flexibility index (Phi) is 2.97. The Bertz CT molecular complexity index is 661. The van der Waals surface area contributed by atoms with Crippen LogP contribution in [0.5, 0.6) is 0 Å². The molecule has 2 heterocycles. The topological polar surface area (TPSA) is 43.3 Å². The highest BCUT2D eigenvalue weighted by molar-refractivity contribution is 7.98. The number of halogens is 1. The van der Waals surface area contributed by atoms with E-state index in [0.29, 0.717) is 0 Å². The zero-order valence-electron chi connectivity index (χ0n) is 9.34. The number of anilines is 1. The Morgan fingerprint density at radius 3 is 3.11 bits per heavy atom. The number of thiazole rings is 1. The molecule has 0 unspecified atom stereocenters. The molecule has 0 bridgehead atoms. The van der Waals surface area contributed by atoms with Gasteiger partial charge in [0, 0.05) is 28.4 Å². The molecular formula is C12H10FN3S2. The van der Waals surface area contributed by atoms with E-state index in [2.05, 4.69) is 4.98 Å². The maximum atomic E-state index is 13.3. The van der Waals surface area contributed by atoms with E-state index < -0.39 is 0 Å². The van der Waals surface area contributed by atoms with Gasteiger partial charge < -0.3 is 5.73 Å². The number of thioether (sulfide) groups is 1. The average molecular weight is 279 g/mol. The minimum atomic E-state index is -0.370. The van der Waals surface area contributed by atoms with E-state index in [1.165, 1.54) is 6.07 Å². The van der Waals surface area contributed by atoms with E-state index in [-0.39, 0.29) is 11.5 Å². The quantitative estimate of drug-likeness (QED) is 0.590. The molecule has 0 saturated heterocycles. The summed E-state index contributed by atoms with van der Waals surface area (Å²) < 4.78 is 15.3. The van der Waals surface area contributed by atoms with Gasteiger partial charge in [-0.05, 0) is 18.2 Å². The van der Waals surface area contributed by atoms with E-state index in [0.717, 1.165) is 21.3 Å². The lowest BCUT2D eigenvalue weighted by Gasteiger charge is -2.01. The van der Waals surface area contributed by atoms with Crippen LogP contribution in [0.4, 0.5) is 10.1 Å². The summed E-state index contributed by atoms with van der Waals surface area (Å²) in [5.74, 6) is 0.350. The number of fused-ring (bicyclic) bond motifs is 1. The highest BCUT2D eigenvalue weighted by Crippen LogP contribution is 2.25. The first-order valence-electron chi connectivity index (χ1n) is 5.31. The molecule has 3 aromatic rings. The molecular weight excluding hydrogens is 269 g/mol. The molecule has 0 aliphatic carbocycles. The Morgan fingerprint density at radius 2 is 2.33 bits per heavy atom. The van der Waals surface area contributed by atoms with Gasteiger partial charge in [-0.15, -0.1) is 23.1 Å². The first-order valence-corrected chi connectivity index (χ1v) is 7.18. The summed E-state index contributed by atoms with van der Waals surface area (Å²) in [6.07, 6.45) is 3.97. The lowest BCUT2D eigenvalue weighted by molar-refractivity contribution is 0.629. The first-order chi connectivity index (χ1) is 8.72. The van der Waals surface area contributed by atoms with Crippen molar-refractivity contribution < 1.29 is 4.39 Å². The van der Waals surface area contributed by atoms with Gasteiger partial charge >= 0.3 is 0 Å². The minimum absolute atomic E-state index is 0.182. The van der Waals surface area contributed by atoms with Gasteiger partial charge in [0.05, 0.1) is 11.4 Å². The summed E-state index contributed by atoms with van der Waals surface area (Å²) in [4.78, 5) is 6.31. The largest absolute Gasteiger partial charge is 0.396 e. The van der Waals surface area contributed by atoms with Crippen molar-refractivity contribution in [2.24, 2.45) is 0 Å². The highest BCUT2D eigenvalue weighted by Gasteiger charge is 2.05. The maximum Gasteiger partial charge on any atom is 0.193 e. The number of nitrogens with two attached hydrogens (primary N) is 1. The molecule has 0 fully saturated rings. The van der Waals surface area contributed by atoms with Crippen LogP contribution in [0.15, 0.2) is 40.9 Å². The van der Waals surface area contributed by atoms with Crippen LogP contribution in [0.2, 0.25) is 0 Å². The third kappa shape index (κ3) is 2.21. The SMILES string of the molecule is Nc1ccc(SCc2cn3ccsc3n2)cc1F. The van der Waals surface area contributed by atoms with E-state index in [1.807, 2.05) is 28.2 Å². The van der Waals surface area contributed by atoms with Crippen molar-refractivity contribution in [3.63, 3.8) is 0 Å². The number of hydrogen-bond acceptors (Lipinski definition) is 4. The summed E-state index contributed by atoms with van der Waals surface area (Å²) in [5, 5.41) is 1.99. The van der Waals surface area contributed by atoms with Crippen LogP contribution in [-0.4, -0.2) is 9.38 Å². The molecule has 92 valence electrons. The predicted molar refractivity (Wildman–Crippen MR) is 73.4 cm³/mol. The molecule has 2 N–H and O–H groups in total. The minimum Gasteiger partial charge on any atom is -0.396 e. The normalized spacial score (nSPS) is 11.2. The second kappa shape index (κ2) is 4.62. The van der Waals surface area contributed by atoms with Crippen LogP contribution in [0.3, 0.4) is 0 Å². The van der Waals surface area contributed by atoms with Gasteiger partial charge in [-0.25, -0.2) is 9.37 Å². The smallest absolute Gasteiger partial charge is 0.193 e. The summed E-state index contributed by atoms with van der Waals surface area (Å²) in [5.41, 5.74) is 6.61. The Morgan fingerprint density at radius 1 is 1.44 bits per heavy atom. The van der Waals surface area contributed by atoms with E-state index >= 15 is 0 Å². The number of nitrogen functional groups attached to an aromatic ring is 1. The van der Waals surface area contributed by atoms with Crippen LogP contribution in [0.25, 0.3) is 4.96 Å². The molecule has 18 heavy (non-hydrogen) atoms. The first kappa shape index (κ1) is 11.6. The Labute approximate surface area is 111 Å². The van der Waals surface area contributed by atoms with Crippen molar-refractivity contribution in [3.8, 4) is 0 Å². The fraction of sp³-hybridized carbons (Fsp3) is 0.0833. The predicted octanol–water partition coefficient (Wildman–Crippen LogP) is 3.41. The van der Waals surface area contributed by atoms with Gasteiger partial charge in [0.25, 0.3) is 0 Å². The summed E-state index contributed by atoms with van der Waals surface area (Å²) >= 11 is 3.15. The number of aromatic nitrogens is 2. The van der Waals surface area contributed by atoms with Gasteiger partial charge in [-0.1, -0.05) is 0 Å². The van der Waals surface area contributed by atoms with Crippen LogP contribution < -0.4 is 5.73 Å². The molecule has 6 heteroatoms. The third-order valence-electron chi connectivity index (χ3n) is 2.50. The lowest BCUT2D eigenvalue weighted by atomic mass is 10.3. The summed E-state index contributed by atoms with van der Waals surface area (Å²) in [6.45, 7) is 0. The van der Waals surface area contributed by atoms with Crippen molar-refractivity contribution >= 4 is 33.7 Å². The monoisotopic (exact) mass is 279 g/mol. The van der Waals surface area contributed by atoms with Crippen molar-refractivity contribution in [2.75, 3.05) is 5.73 Å². The van der Waals surface area contributed by atoms with E-state index in [9.17, 15) is 4.39 Å². The Balaban J connectivity index is 1.73. The van der Waals surface area contributed by atoms with Crippen LogP contribution >= 0.6 is 23.1 Å². The van der Waals surface area contributed by atoms with E-state index in [4.69, 9.17) is 5.73 Å². The van der Waals surface area contributed by atoms with Crippen LogP contribution in [0, 0.1) is 5.82 Å². The summed E-state index contributed by atoms with van der Waals surface area (Å²) in [6, 6.07) is 4.86. The van der Waals surface area contributed by atoms with Crippen LogP contribution in [0.1, 0.15) is 5.69 Å². The Hall–Kier alpha value is -1.53. The maximum absolute atomic E-state index is 13.3. The molecule has 2 aromatic heterocycles. The van der Waals surface area contributed by atoms with E-state index in [1.54, 1.807) is 29.2 Å². The third-order valence-corrected chi connectivity index (χ3v) is 4.30. The number of nitrogens with zero attached hydrogens (tertiary/aromatic N) is 2. The molecule has 0 aliphatic rings. The van der Waals surface area contributed by atoms with Gasteiger partial charge in [-0.3, -0.25) is 4.40 Å². The van der Waals surface area contributed by atoms with Crippen molar-refractivity contribution in [2.45, 2.75) is 10.6 Å². The molecule has 0 amide bonds. The molecule has 0 spiro atoms. The molecule has 0 aliphatic heterocycles. The van der Waals surface area contributed by atoms with Crippen LogP contribution in [-0.2, 0) is 5.75 Å². The number of imidazole rings is 1. The highest BCUT2D eigenvalue weighted by atomic mass is 32.2. The molecule has 3 rings (SSSR count). The van der Waals surface area contributed by atoms with Crippen molar-refractivity contribution in [1.29, 1.82) is 0 Å². The molecule has 0 saturated carbocycles. The summed E-state index contributed by atoms with van der Waals surface area (Å²) in [7, 11) is 0. The second-order valence-corrected chi connectivity index (χ2v) is 5.72. The second-order valence-electron chi connectivity index (χ2n) is 3.80. The van der Waals surface area contributed by atoms with Gasteiger partial charge in [0.2, 0.25) is 0 Å². The van der Waals surface area contributed by atoms with Gasteiger partial charge in [0.15, 0.2) is 4.96 Å². The fourth-order valence-corrected chi connectivity index (χ4v) is 3.12. The lowest BCUT2D eigenvalue weighted by Crippen LogP contribution is -1.90. The zero-order valence-corrected chi connectivity index (χ0v) is 11.0. The van der Waals surface area contributed by atoms with Gasteiger partial charge in [0.1, 0.15) is 5.82 Å². The van der Waals surface area contributed by atoms with Crippen molar-refractivity contribution in [1.82, 2.24) is 9.38 Å². The number of benzene rings is 1. The van der Waals surface area contributed by atoms with Gasteiger partial charge in [-0.2, -0.15) is 0 Å². The standard InChI is InChI=1S/C12H10FN3S2/c13-10-5-9(1-2-11(10)14)18-7-8-6-16-3-4-17-12(16)15-8/h1-6H,7,14H2. The molecule has 0 radical (unpaired) electrons. The number of hydrogen-bond donors (Lipinski definition) is 1. The average Bonchev–Trinajstić information content (AvgIpc) is 2.91.